The zero-order valence-electron chi connectivity index (χ0n) is 9.36. The fourth-order valence-corrected chi connectivity index (χ4v) is 2.99. The topological polar surface area (TPSA) is 23.8 Å². The first-order valence-corrected chi connectivity index (χ1v) is 6.86. The van der Waals surface area contributed by atoms with E-state index in [1.165, 1.54) is 11.8 Å². The van der Waals surface area contributed by atoms with Crippen LogP contribution < -0.4 is 0 Å². The molecule has 0 aromatic heterocycles. The lowest BCUT2D eigenvalue weighted by atomic mass is 10.2. The normalized spacial score (nSPS) is 10.1. The van der Waals surface area contributed by atoms with Gasteiger partial charge >= 0.3 is 0 Å². The van der Waals surface area contributed by atoms with Crippen molar-refractivity contribution in [1.29, 1.82) is 5.26 Å². The van der Waals surface area contributed by atoms with Crippen LogP contribution in [0.15, 0.2) is 52.3 Å². The Morgan fingerprint density at radius 3 is 2.50 bits per heavy atom. The van der Waals surface area contributed by atoms with Gasteiger partial charge in [0.15, 0.2) is 0 Å². The van der Waals surface area contributed by atoms with Crippen LogP contribution in [0.25, 0.3) is 0 Å². The van der Waals surface area contributed by atoms with Crippen LogP contribution >= 0.6 is 35.0 Å². The Balaban J connectivity index is 2.35. The molecule has 2 rings (SSSR count). The number of benzene rings is 2. The summed E-state index contributed by atoms with van der Waals surface area (Å²) in [5.74, 6) is 0. The van der Waals surface area contributed by atoms with E-state index < -0.39 is 0 Å². The maximum absolute atomic E-state index is 8.80. The third kappa shape index (κ3) is 3.00. The van der Waals surface area contributed by atoms with Gasteiger partial charge in [0.1, 0.15) is 0 Å². The zero-order chi connectivity index (χ0) is 13.0. The number of hydrogen-bond acceptors (Lipinski definition) is 2. The SMILES string of the molecule is N#CCc1ccccc1Sc1cccc(Cl)c1Cl. The van der Waals surface area contributed by atoms with Crippen molar-refractivity contribution in [1.82, 2.24) is 0 Å². The Morgan fingerprint density at radius 1 is 1.00 bits per heavy atom. The lowest BCUT2D eigenvalue weighted by Crippen LogP contribution is -1.86. The quantitative estimate of drug-likeness (QED) is 0.775. The lowest BCUT2D eigenvalue weighted by molar-refractivity contribution is 1.18. The molecular weight excluding hydrogens is 285 g/mol. The van der Waals surface area contributed by atoms with Crippen LogP contribution in [0, 0.1) is 11.3 Å². The van der Waals surface area contributed by atoms with Crippen molar-refractivity contribution in [3.63, 3.8) is 0 Å². The molecule has 2 aromatic rings. The first-order chi connectivity index (χ1) is 8.72. The van der Waals surface area contributed by atoms with E-state index in [1.54, 1.807) is 6.07 Å². The Bertz CT molecular complexity index is 605. The van der Waals surface area contributed by atoms with Gasteiger partial charge in [-0.2, -0.15) is 5.26 Å². The summed E-state index contributed by atoms with van der Waals surface area (Å²) in [6, 6.07) is 15.5. The highest BCUT2D eigenvalue weighted by Gasteiger charge is 2.08. The van der Waals surface area contributed by atoms with E-state index in [4.69, 9.17) is 28.5 Å². The van der Waals surface area contributed by atoms with E-state index in [0.717, 1.165) is 15.4 Å². The average Bonchev–Trinajstić information content (AvgIpc) is 2.37. The molecule has 0 aliphatic carbocycles. The Kier molecular flexibility index (Phi) is 4.54. The van der Waals surface area contributed by atoms with Gasteiger partial charge < -0.3 is 0 Å². The summed E-state index contributed by atoms with van der Waals surface area (Å²) in [5.41, 5.74) is 1.00. The van der Waals surface area contributed by atoms with Crippen molar-refractivity contribution < 1.29 is 0 Å². The molecule has 90 valence electrons. The summed E-state index contributed by atoms with van der Waals surface area (Å²) in [6.07, 6.45) is 0.390. The molecule has 2 aromatic carbocycles. The van der Waals surface area contributed by atoms with E-state index >= 15 is 0 Å². The van der Waals surface area contributed by atoms with E-state index in [0.29, 0.717) is 16.5 Å². The molecule has 0 saturated carbocycles. The first kappa shape index (κ1) is 13.3. The molecule has 0 spiro atoms. The molecule has 0 heterocycles. The van der Waals surface area contributed by atoms with E-state index in [1.807, 2.05) is 36.4 Å². The number of hydrogen-bond donors (Lipinski definition) is 0. The molecule has 1 nitrogen and oxygen atoms in total. The van der Waals surface area contributed by atoms with Crippen molar-refractivity contribution in [3.8, 4) is 6.07 Å². The molecule has 0 aliphatic heterocycles. The van der Waals surface area contributed by atoms with Crippen LogP contribution in [0.1, 0.15) is 5.56 Å². The summed E-state index contributed by atoms with van der Waals surface area (Å²) in [4.78, 5) is 1.93. The third-order valence-electron chi connectivity index (χ3n) is 2.38. The summed E-state index contributed by atoms with van der Waals surface area (Å²) in [7, 11) is 0. The molecular formula is C14H9Cl2NS. The van der Waals surface area contributed by atoms with Crippen LogP contribution in [0.5, 0.6) is 0 Å². The van der Waals surface area contributed by atoms with Crippen molar-refractivity contribution in [2.45, 2.75) is 16.2 Å². The van der Waals surface area contributed by atoms with Crippen molar-refractivity contribution in [2.75, 3.05) is 0 Å². The molecule has 0 amide bonds. The van der Waals surface area contributed by atoms with Crippen LogP contribution in [0.2, 0.25) is 10.0 Å². The summed E-state index contributed by atoms with van der Waals surface area (Å²) in [6.45, 7) is 0. The lowest BCUT2D eigenvalue weighted by Gasteiger charge is -2.08. The minimum absolute atomic E-state index is 0.390. The largest absolute Gasteiger partial charge is 0.198 e. The van der Waals surface area contributed by atoms with Gasteiger partial charge in [-0.05, 0) is 23.8 Å². The molecule has 0 N–H and O–H groups in total. The summed E-state index contributed by atoms with van der Waals surface area (Å²) >= 11 is 13.7. The van der Waals surface area contributed by atoms with E-state index in [-0.39, 0.29) is 0 Å². The molecule has 18 heavy (non-hydrogen) atoms. The first-order valence-electron chi connectivity index (χ1n) is 5.29. The molecule has 0 unspecified atom stereocenters. The average molecular weight is 294 g/mol. The molecule has 0 bridgehead atoms. The van der Waals surface area contributed by atoms with Gasteiger partial charge in [0.25, 0.3) is 0 Å². The number of nitriles is 1. The summed E-state index contributed by atoms with van der Waals surface area (Å²) in [5, 5.41) is 9.90. The van der Waals surface area contributed by atoms with Crippen molar-refractivity contribution in [3.05, 3.63) is 58.1 Å². The van der Waals surface area contributed by atoms with E-state index in [9.17, 15) is 0 Å². The third-order valence-corrected chi connectivity index (χ3v) is 4.49. The van der Waals surface area contributed by atoms with Gasteiger partial charge in [-0.3, -0.25) is 0 Å². The van der Waals surface area contributed by atoms with Crippen LogP contribution in [0.4, 0.5) is 0 Å². The second-order valence-corrected chi connectivity index (χ2v) is 5.47. The fraction of sp³-hybridized carbons (Fsp3) is 0.0714. The minimum atomic E-state index is 0.390. The number of halogens is 2. The minimum Gasteiger partial charge on any atom is -0.198 e. The van der Waals surface area contributed by atoms with E-state index in [2.05, 4.69) is 6.07 Å². The van der Waals surface area contributed by atoms with Gasteiger partial charge in [-0.15, -0.1) is 0 Å². The Hall–Kier alpha value is -1.14. The van der Waals surface area contributed by atoms with Crippen LogP contribution in [-0.2, 0) is 6.42 Å². The molecule has 0 atom stereocenters. The maximum Gasteiger partial charge on any atom is 0.0731 e. The Labute approximate surface area is 120 Å². The molecule has 0 aliphatic rings. The zero-order valence-corrected chi connectivity index (χ0v) is 11.7. The van der Waals surface area contributed by atoms with Crippen LogP contribution in [-0.4, -0.2) is 0 Å². The monoisotopic (exact) mass is 293 g/mol. The van der Waals surface area contributed by atoms with Crippen molar-refractivity contribution in [2.24, 2.45) is 0 Å². The predicted molar refractivity (Wildman–Crippen MR) is 76.3 cm³/mol. The van der Waals surface area contributed by atoms with Gasteiger partial charge in [-0.1, -0.05) is 59.2 Å². The van der Waals surface area contributed by atoms with Crippen molar-refractivity contribution >= 4 is 35.0 Å². The number of nitrogens with zero attached hydrogens (tertiary/aromatic N) is 1. The second-order valence-electron chi connectivity index (χ2n) is 3.60. The van der Waals surface area contributed by atoms with Crippen LogP contribution in [0.3, 0.4) is 0 Å². The molecule has 4 heteroatoms. The highest BCUT2D eigenvalue weighted by atomic mass is 35.5. The number of rotatable bonds is 3. The van der Waals surface area contributed by atoms with Gasteiger partial charge in [0.05, 0.1) is 22.5 Å². The maximum atomic E-state index is 8.80. The molecule has 0 saturated heterocycles. The molecule has 0 fully saturated rings. The second kappa shape index (κ2) is 6.15. The fourth-order valence-electron chi connectivity index (χ4n) is 1.52. The highest BCUT2D eigenvalue weighted by Crippen LogP contribution is 2.38. The predicted octanol–water partition coefficient (Wildman–Crippen LogP) is 5.21. The highest BCUT2D eigenvalue weighted by molar-refractivity contribution is 7.99. The van der Waals surface area contributed by atoms with Gasteiger partial charge in [0.2, 0.25) is 0 Å². The smallest absolute Gasteiger partial charge is 0.0731 e. The summed E-state index contributed by atoms with van der Waals surface area (Å²) < 4.78 is 0. The molecule has 0 radical (unpaired) electrons. The van der Waals surface area contributed by atoms with Gasteiger partial charge in [-0.25, -0.2) is 0 Å². The standard InChI is InChI=1S/C14H9Cl2NS/c15-11-5-3-7-13(14(11)16)18-12-6-2-1-4-10(12)8-9-17/h1-7H,8H2. The van der Waals surface area contributed by atoms with Gasteiger partial charge in [0, 0.05) is 9.79 Å². The Morgan fingerprint density at radius 2 is 1.72 bits per heavy atom.